The van der Waals surface area contributed by atoms with E-state index in [1.54, 1.807) is 0 Å². The molecule has 1 aliphatic heterocycles. The highest BCUT2D eigenvalue weighted by molar-refractivity contribution is 5.06. The summed E-state index contributed by atoms with van der Waals surface area (Å²) in [5, 5.41) is 0. The zero-order valence-corrected chi connectivity index (χ0v) is 14.7. The first-order valence-electron chi connectivity index (χ1n) is 8.77. The van der Waals surface area contributed by atoms with Crippen LogP contribution in [0.4, 0.5) is 0 Å². The summed E-state index contributed by atoms with van der Waals surface area (Å²) in [6, 6.07) is 4.65. The van der Waals surface area contributed by atoms with E-state index in [0.29, 0.717) is 18.1 Å². The van der Waals surface area contributed by atoms with Gasteiger partial charge in [-0.2, -0.15) is 0 Å². The largest absolute Gasteiger partial charge is 0.465 e. The smallest absolute Gasteiger partial charge is 0.118 e. The molecule has 23 heavy (non-hydrogen) atoms. The summed E-state index contributed by atoms with van der Waals surface area (Å²) in [6.07, 6.45) is 2.72. The monoisotopic (exact) mass is 322 g/mol. The number of aryl methyl sites for hydroxylation is 1. The van der Waals surface area contributed by atoms with Gasteiger partial charge in [0.05, 0.1) is 32.5 Å². The first-order valence-corrected chi connectivity index (χ1v) is 8.77. The molecule has 1 aromatic rings. The predicted octanol–water partition coefficient (Wildman–Crippen LogP) is 2.15. The Labute approximate surface area is 139 Å². The summed E-state index contributed by atoms with van der Waals surface area (Å²) < 4.78 is 17.7. The molecule has 3 rings (SSSR count). The van der Waals surface area contributed by atoms with Crippen LogP contribution in [-0.2, 0) is 16.0 Å². The molecule has 3 atom stereocenters. The number of morpholine rings is 1. The van der Waals surface area contributed by atoms with E-state index in [9.17, 15) is 0 Å². The molecule has 130 valence electrons. The van der Waals surface area contributed by atoms with Gasteiger partial charge < -0.3 is 18.8 Å². The van der Waals surface area contributed by atoms with Gasteiger partial charge in [-0.05, 0) is 46.0 Å². The summed E-state index contributed by atoms with van der Waals surface area (Å²) >= 11 is 0. The molecule has 1 aliphatic carbocycles. The third kappa shape index (κ3) is 4.35. The third-order valence-electron chi connectivity index (χ3n) is 5.00. The molecule has 2 aliphatic rings. The van der Waals surface area contributed by atoms with Gasteiger partial charge in [0.25, 0.3) is 0 Å². The normalized spacial score (nSPS) is 28.4. The van der Waals surface area contributed by atoms with E-state index >= 15 is 0 Å². The third-order valence-corrected chi connectivity index (χ3v) is 5.00. The van der Waals surface area contributed by atoms with Crippen LogP contribution in [0.5, 0.6) is 0 Å². The number of fused-ring (bicyclic) bond motifs is 1. The van der Waals surface area contributed by atoms with E-state index in [-0.39, 0.29) is 0 Å². The standard InChI is InChI=1S/C18H30N2O3/c1-14-4-6-16(23-14)12-20-9-11-22-18-15(5-7-17(18)20)13-21-10-8-19(2)3/h4,6,15,17-18H,5,7-13H2,1-3H3/t15-,17+,18-/m1/s1. The molecule has 2 fully saturated rings. The van der Waals surface area contributed by atoms with Crippen molar-refractivity contribution < 1.29 is 13.9 Å². The molecule has 0 N–H and O–H groups in total. The van der Waals surface area contributed by atoms with Crippen LogP contribution >= 0.6 is 0 Å². The average molecular weight is 322 g/mol. The highest BCUT2D eigenvalue weighted by Gasteiger charge is 2.42. The number of hydrogen-bond donors (Lipinski definition) is 0. The zero-order valence-electron chi connectivity index (χ0n) is 14.7. The van der Waals surface area contributed by atoms with Crippen molar-refractivity contribution in [1.82, 2.24) is 9.80 Å². The van der Waals surface area contributed by atoms with Gasteiger partial charge in [0.1, 0.15) is 11.5 Å². The molecule has 5 nitrogen and oxygen atoms in total. The molecule has 0 unspecified atom stereocenters. The van der Waals surface area contributed by atoms with Gasteiger partial charge in [0.15, 0.2) is 0 Å². The summed E-state index contributed by atoms with van der Waals surface area (Å²) in [5.74, 6) is 2.58. The van der Waals surface area contributed by atoms with Crippen LogP contribution in [0.2, 0.25) is 0 Å². The molecular weight excluding hydrogens is 292 g/mol. The first-order chi connectivity index (χ1) is 11.1. The van der Waals surface area contributed by atoms with Gasteiger partial charge in [0, 0.05) is 25.0 Å². The van der Waals surface area contributed by atoms with Crippen molar-refractivity contribution in [2.75, 3.05) is 47.0 Å². The second kappa shape index (κ2) is 7.79. The van der Waals surface area contributed by atoms with E-state index in [2.05, 4.69) is 30.0 Å². The summed E-state index contributed by atoms with van der Waals surface area (Å²) in [6.45, 7) is 7.31. The molecule has 1 aromatic heterocycles. The van der Waals surface area contributed by atoms with Crippen LogP contribution in [0.1, 0.15) is 24.4 Å². The van der Waals surface area contributed by atoms with Crippen LogP contribution in [0.3, 0.4) is 0 Å². The number of furan rings is 1. The van der Waals surface area contributed by atoms with E-state index in [0.717, 1.165) is 51.0 Å². The predicted molar refractivity (Wildman–Crippen MR) is 89.5 cm³/mol. The fourth-order valence-corrected chi connectivity index (χ4v) is 3.76. The Hall–Kier alpha value is -0.880. The lowest BCUT2D eigenvalue weighted by Gasteiger charge is -2.38. The summed E-state index contributed by atoms with van der Waals surface area (Å²) in [7, 11) is 4.15. The summed E-state index contributed by atoms with van der Waals surface area (Å²) in [4.78, 5) is 4.69. The molecule has 2 heterocycles. The van der Waals surface area contributed by atoms with Crippen LogP contribution in [0, 0.1) is 12.8 Å². The van der Waals surface area contributed by atoms with Crippen molar-refractivity contribution in [3.63, 3.8) is 0 Å². The maximum absolute atomic E-state index is 6.10. The molecule has 0 spiro atoms. The molecule has 0 bridgehead atoms. The highest BCUT2D eigenvalue weighted by Crippen LogP contribution is 2.35. The maximum Gasteiger partial charge on any atom is 0.118 e. The Kier molecular flexibility index (Phi) is 5.75. The molecule has 5 heteroatoms. The minimum Gasteiger partial charge on any atom is -0.465 e. The number of hydrogen-bond acceptors (Lipinski definition) is 5. The average Bonchev–Trinajstić information content (AvgIpc) is 3.11. The zero-order chi connectivity index (χ0) is 16.2. The molecular formula is C18H30N2O3. The van der Waals surface area contributed by atoms with Crippen molar-refractivity contribution in [3.05, 3.63) is 23.7 Å². The molecule has 1 saturated heterocycles. The SMILES string of the molecule is Cc1ccc(CN2CCO[C@@H]3[C@@H](COCCN(C)C)CC[C@@H]32)o1. The topological polar surface area (TPSA) is 38.1 Å². The Balaban J connectivity index is 1.51. The van der Waals surface area contributed by atoms with E-state index in [1.165, 1.54) is 12.8 Å². The number of rotatable bonds is 7. The van der Waals surface area contributed by atoms with Crippen molar-refractivity contribution in [1.29, 1.82) is 0 Å². The van der Waals surface area contributed by atoms with Gasteiger partial charge >= 0.3 is 0 Å². The lowest BCUT2D eigenvalue weighted by atomic mass is 10.0. The minimum atomic E-state index is 0.319. The van der Waals surface area contributed by atoms with Crippen molar-refractivity contribution in [2.24, 2.45) is 5.92 Å². The molecule has 0 amide bonds. The Morgan fingerprint density at radius 3 is 2.91 bits per heavy atom. The van der Waals surface area contributed by atoms with Gasteiger partial charge in [-0.1, -0.05) is 0 Å². The summed E-state index contributed by atoms with van der Waals surface area (Å²) in [5.41, 5.74) is 0. The van der Waals surface area contributed by atoms with Crippen LogP contribution in [0.25, 0.3) is 0 Å². The second-order valence-corrected chi connectivity index (χ2v) is 7.10. The van der Waals surface area contributed by atoms with E-state index in [1.807, 2.05) is 13.0 Å². The van der Waals surface area contributed by atoms with E-state index in [4.69, 9.17) is 13.9 Å². The van der Waals surface area contributed by atoms with Crippen molar-refractivity contribution >= 4 is 0 Å². The van der Waals surface area contributed by atoms with Crippen LogP contribution in [0.15, 0.2) is 16.5 Å². The molecule has 1 saturated carbocycles. The van der Waals surface area contributed by atoms with E-state index < -0.39 is 0 Å². The maximum atomic E-state index is 6.10. The fourth-order valence-electron chi connectivity index (χ4n) is 3.76. The van der Waals surface area contributed by atoms with Crippen LogP contribution < -0.4 is 0 Å². The molecule has 0 aromatic carbocycles. The van der Waals surface area contributed by atoms with Gasteiger partial charge in [-0.3, -0.25) is 4.90 Å². The lowest BCUT2D eigenvalue weighted by Crippen LogP contribution is -2.50. The fraction of sp³-hybridized carbons (Fsp3) is 0.778. The first kappa shape index (κ1) is 17.0. The number of nitrogens with zero attached hydrogens (tertiary/aromatic N) is 2. The number of ether oxygens (including phenoxy) is 2. The van der Waals surface area contributed by atoms with Crippen molar-refractivity contribution in [2.45, 2.75) is 38.5 Å². The highest BCUT2D eigenvalue weighted by atomic mass is 16.5. The Morgan fingerprint density at radius 1 is 1.30 bits per heavy atom. The van der Waals surface area contributed by atoms with Gasteiger partial charge in [-0.15, -0.1) is 0 Å². The van der Waals surface area contributed by atoms with Gasteiger partial charge in [0.2, 0.25) is 0 Å². The van der Waals surface area contributed by atoms with Crippen molar-refractivity contribution in [3.8, 4) is 0 Å². The minimum absolute atomic E-state index is 0.319. The second-order valence-electron chi connectivity index (χ2n) is 7.10. The van der Waals surface area contributed by atoms with Gasteiger partial charge in [-0.25, -0.2) is 0 Å². The quantitative estimate of drug-likeness (QED) is 0.719. The lowest BCUT2D eigenvalue weighted by molar-refractivity contribution is -0.0896. The molecule has 0 radical (unpaired) electrons. The number of likely N-dealkylation sites (N-methyl/N-ethyl adjacent to an activating group) is 1. The Bertz CT molecular complexity index is 488. The van der Waals surface area contributed by atoms with Crippen LogP contribution in [-0.4, -0.2) is 69.0 Å². The Morgan fingerprint density at radius 2 is 2.17 bits per heavy atom.